The zero-order valence-corrected chi connectivity index (χ0v) is 14.7. The first kappa shape index (κ1) is 17.7. The van der Waals surface area contributed by atoms with E-state index in [4.69, 9.17) is 9.84 Å². The van der Waals surface area contributed by atoms with Gasteiger partial charge in [0.25, 0.3) is 0 Å². The van der Waals surface area contributed by atoms with Crippen LogP contribution in [0.1, 0.15) is 24.8 Å². The van der Waals surface area contributed by atoms with Crippen LogP contribution in [0.3, 0.4) is 0 Å². The van der Waals surface area contributed by atoms with E-state index < -0.39 is 5.41 Å². The van der Waals surface area contributed by atoms with Crippen molar-refractivity contribution < 1.29 is 19.4 Å². The molecular formula is C19H26N2O4. The molecule has 1 aromatic carbocycles. The van der Waals surface area contributed by atoms with Gasteiger partial charge < -0.3 is 19.6 Å². The minimum absolute atomic E-state index is 0.0136. The Morgan fingerprint density at radius 3 is 2.92 bits per heavy atom. The average molecular weight is 346 g/mol. The zero-order chi connectivity index (χ0) is 17.9. The molecule has 0 bridgehead atoms. The molecule has 0 aromatic heterocycles. The van der Waals surface area contributed by atoms with Gasteiger partial charge in [0.2, 0.25) is 11.8 Å². The zero-order valence-electron chi connectivity index (χ0n) is 14.7. The Kier molecular flexibility index (Phi) is 5.27. The van der Waals surface area contributed by atoms with Crippen molar-refractivity contribution in [3.05, 3.63) is 29.8 Å². The lowest BCUT2D eigenvalue weighted by molar-refractivity contribution is -0.146. The number of amides is 2. The highest BCUT2D eigenvalue weighted by Gasteiger charge is 2.49. The van der Waals surface area contributed by atoms with Gasteiger partial charge in [-0.2, -0.15) is 0 Å². The summed E-state index contributed by atoms with van der Waals surface area (Å²) in [5.74, 6) is 0.895. The molecule has 1 atom stereocenters. The van der Waals surface area contributed by atoms with E-state index in [2.05, 4.69) is 0 Å². The standard InChI is InChI=1S/C19H26N2O4/c1-25-16-5-2-4-15(12-16)13-17(23)21-9-7-19(14-21)6-3-8-20(10-11-22)18(19)24/h2,4-5,12,22H,3,6-11,13-14H2,1H3/t19-/m0/s1. The van der Waals surface area contributed by atoms with Crippen molar-refractivity contribution in [3.63, 3.8) is 0 Å². The van der Waals surface area contributed by atoms with E-state index >= 15 is 0 Å². The molecule has 3 rings (SSSR count). The highest BCUT2D eigenvalue weighted by Crippen LogP contribution is 2.40. The first-order chi connectivity index (χ1) is 12.1. The number of benzene rings is 1. The lowest BCUT2D eigenvalue weighted by Crippen LogP contribution is -2.51. The molecule has 1 N–H and O–H groups in total. The van der Waals surface area contributed by atoms with Gasteiger partial charge in [-0.25, -0.2) is 0 Å². The second kappa shape index (κ2) is 7.44. The summed E-state index contributed by atoms with van der Waals surface area (Å²) < 4.78 is 5.21. The fourth-order valence-electron chi connectivity index (χ4n) is 4.02. The van der Waals surface area contributed by atoms with Crippen molar-refractivity contribution in [2.75, 3.05) is 39.9 Å². The van der Waals surface area contributed by atoms with E-state index in [1.165, 1.54) is 0 Å². The molecule has 2 amide bonds. The van der Waals surface area contributed by atoms with E-state index in [0.717, 1.165) is 30.6 Å². The number of ether oxygens (including phenoxy) is 1. The molecule has 0 aliphatic carbocycles. The topological polar surface area (TPSA) is 70.1 Å². The molecule has 1 spiro atoms. The molecule has 0 saturated carbocycles. The lowest BCUT2D eigenvalue weighted by Gasteiger charge is -2.39. The van der Waals surface area contributed by atoms with Crippen LogP contribution in [0.5, 0.6) is 5.75 Å². The molecule has 2 heterocycles. The number of nitrogens with zero attached hydrogens (tertiary/aromatic N) is 2. The third kappa shape index (κ3) is 3.63. The van der Waals surface area contributed by atoms with Crippen molar-refractivity contribution in [1.82, 2.24) is 9.80 Å². The number of piperidine rings is 1. The van der Waals surface area contributed by atoms with E-state index in [1.807, 2.05) is 29.2 Å². The summed E-state index contributed by atoms with van der Waals surface area (Å²) in [4.78, 5) is 29.1. The lowest BCUT2D eigenvalue weighted by atomic mass is 9.78. The van der Waals surface area contributed by atoms with Gasteiger partial charge >= 0.3 is 0 Å². The Morgan fingerprint density at radius 2 is 2.16 bits per heavy atom. The van der Waals surface area contributed by atoms with Crippen LogP contribution in [-0.4, -0.2) is 66.6 Å². The first-order valence-corrected chi connectivity index (χ1v) is 8.89. The predicted molar refractivity (Wildman–Crippen MR) is 93.2 cm³/mol. The maximum Gasteiger partial charge on any atom is 0.230 e. The maximum atomic E-state index is 12.8. The van der Waals surface area contributed by atoms with Crippen molar-refractivity contribution in [2.45, 2.75) is 25.7 Å². The maximum absolute atomic E-state index is 12.8. The molecular weight excluding hydrogens is 320 g/mol. The van der Waals surface area contributed by atoms with Crippen LogP contribution in [0.2, 0.25) is 0 Å². The number of carbonyl (C=O) groups excluding carboxylic acids is 2. The van der Waals surface area contributed by atoms with Gasteiger partial charge in [0.1, 0.15) is 5.75 Å². The van der Waals surface area contributed by atoms with E-state index in [0.29, 0.717) is 32.6 Å². The Labute approximate surface area is 148 Å². The average Bonchev–Trinajstić information content (AvgIpc) is 3.05. The second-order valence-corrected chi connectivity index (χ2v) is 6.99. The minimum Gasteiger partial charge on any atom is -0.497 e. The molecule has 1 aromatic rings. The number of aliphatic hydroxyl groups is 1. The van der Waals surface area contributed by atoms with Crippen molar-refractivity contribution in [2.24, 2.45) is 5.41 Å². The van der Waals surface area contributed by atoms with E-state index in [-0.39, 0.29) is 18.4 Å². The summed E-state index contributed by atoms with van der Waals surface area (Å²) in [6, 6.07) is 7.53. The predicted octanol–water partition coefficient (Wildman–Crippen LogP) is 1.07. The van der Waals surface area contributed by atoms with Crippen LogP contribution in [-0.2, 0) is 16.0 Å². The molecule has 2 aliphatic rings. The smallest absolute Gasteiger partial charge is 0.230 e. The minimum atomic E-state index is -0.447. The van der Waals surface area contributed by atoms with E-state index in [1.54, 1.807) is 12.0 Å². The van der Waals surface area contributed by atoms with Gasteiger partial charge in [-0.1, -0.05) is 12.1 Å². The Balaban J connectivity index is 1.65. The van der Waals surface area contributed by atoms with Crippen LogP contribution in [0, 0.1) is 5.41 Å². The second-order valence-electron chi connectivity index (χ2n) is 6.99. The third-order valence-corrected chi connectivity index (χ3v) is 5.39. The summed E-state index contributed by atoms with van der Waals surface area (Å²) in [7, 11) is 1.61. The number of aliphatic hydroxyl groups excluding tert-OH is 1. The van der Waals surface area contributed by atoms with Crippen molar-refractivity contribution in [3.8, 4) is 5.75 Å². The molecule has 6 heteroatoms. The molecule has 2 saturated heterocycles. The van der Waals surface area contributed by atoms with Gasteiger partial charge in [0, 0.05) is 26.2 Å². The SMILES string of the molecule is COc1cccc(CC(=O)N2CC[C@@]3(CCCN(CCO)C3=O)C2)c1. The van der Waals surface area contributed by atoms with Crippen LogP contribution >= 0.6 is 0 Å². The highest BCUT2D eigenvalue weighted by atomic mass is 16.5. The summed E-state index contributed by atoms with van der Waals surface area (Å²) >= 11 is 0. The molecule has 25 heavy (non-hydrogen) atoms. The van der Waals surface area contributed by atoms with Gasteiger partial charge in [0.15, 0.2) is 0 Å². The normalized spacial score (nSPS) is 23.4. The molecule has 2 fully saturated rings. The summed E-state index contributed by atoms with van der Waals surface area (Å²) in [6.45, 7) is 2.20. The van der Waals surface area contributed by atoms with Crippen molar-refractivity contribution in [1.29, 1.82) is 0 Å². The summed E-state index contributed by atoms with van der Waals surface area (Å²) in [5, 5.41) is 9.15. The molecule has 6 nitrogen and oxygen atoms in total. The van der Waals surface area contributed by atoms with Crippen LogP contribution in [0.25, 0.3) is 0 Å². The quantitative estimate of drug-likeness (QED) is 0.866. The number of likely N-dealkylation sites (tertiary alicyclic amines) is 2. The largest absolute Gasteiger partial charge is 0.497 e. The number of hydrogen-bond donors (Lipinski definition) is 1. The number of rotatable bonds is 5. The van der Waals surface area contributed by atoms with Gasteiger partial charge in [-0.05, 0) is 37.0 Å². The fraction of sp³-hybridized carbons (Fsp3) is 0.579. The Bertz CT molecular complexity index is 646. The Morgan fingerprint density at radius 1 is 1.32 bits per heavy atom. The fourth-order valence-corrected chi connectivity index (χ4v) is 4.02. The first-order valence-electron chi connectivity index (χ1n) is 8.89. The van der Waals surface area contributed by atoms with Gasteiger partial charge in [0.05, 0.1) is 25.6 Å². The number of hydrogen-bond acceptors (Lipinski definition) is 4. The highest BCUT2D eigenvalue weighted by molar-refractivity contribution is 5.86. The number of β-amino-alcohol motifs (C(OH)–C–C–N with tert-alkyl or cyclic N) is 1. The molecule has 0 unspecified atom stereocenters. The monoisotopic (exact) mass is 346 g/mol. The van der Waals surface area contributed by atoms with Crippen LogP contribution < -0.4 is 4.74 Å². The number of methoxy groups -OCH3 is 1. The molecule has 0 radical (unpaired) electrons. The third-order valence-electron chi connectivity index (χ3n) is 5.39. The van der Waals surface area contributed by atoms with Crippen LogP contribution in [0.4, 0.5) is 0 Å². The summed E-state index contributed by atoms with van der Waals surface area (Å²) in [6.07, 6.45) is 2.81. The van der Waals surface area contributed by atoms with E-state index in [9.17, 15) is 9.59 Å². The Hall–Kier alpha value is -2.08. The van der Waals surface area contributed by atoms with Gasteiger partial charge in [-0.3, -0.25) is 9.59 Å². The van der Waals surface area contributed by atoms with Crippen LogP contribution in [0.15, 0.2) is 24.3 Å². The molecule has 136 valence electrons. The molecule has 2 aliphatic heterocycles. The summed E-state index contributed by atoms with van der Waals surface area (Å²) in [5.41, 5.74) is 0.472. The van der Waals surface area contributed by atoms with Gasteiger partial charge in [-0.15, -0.1) is 0 Å². The van der Waals surface area contributed by atoms with Crippen molar-refractivity contribution >= 4 is 11.8 Å². The number of carbonyl (C=O) groups is 2.